The molecule has 0 aromatic heterocycles. The van der Waals surface area contributed by atoms with Crippen LogP contribution in [0.15, 0.2) is 0 Å². The first-order valence-corrected chi connectivity index (χ1v) is 8.47. The molecule has 0 amide bonds. The first-order valence-electron chi connectivity index (χ1n) is 6.75. The minimum absolute atomic E-state index is 0.502. The molecule has 0 rings (SSSR count). The predicted octanol–water partition coefficient (Wildman–Crippen LogP) is 2.36. The van der Waals surface area contributed by atoms with Crippen molar-refractivity contribution in [2.24, 2.45) is 0 Å². The SMILES string of the molecule is CCOC(C)(OCC)[Si](OCC)(OCC)OCC. The Hall–Kier alpha value is 0.0169. The van der Waals surface area contributed by atoms with Crippen molar-refractivity contribution in [2.45, 2.75) is 47.0 Å². The molecule has 0 bridgehead atoms. The molecule has 0 aromatic rings. The molecule has 0 aliphatic heterocycles. The van der Waals surface area contributed by atoms with E-state index in [0.29, 0.717) is 33.0 Å². The highest BCUT2D eigenvalue weighted by atomic mass is 28.4. The molecule has 0 aromatic carbocycles. The fraction of sp³-hybridized carbons (Fsp3) is 1.00. The van der Waals surface area contributed by atoms with E-state index in [2.05, 4.69) is 0 Å². The lowest BCUT2D eigenvalue weighted by atomic mass is 10.7. The standard InChI is InChI=1S/C12H28O5Si/c1-7-13-12(6,14-8-2)18(15-9-3,16-10-4)17-11-5/h7-11H2,1-6H3. The molecule has 0 saturated carbocycles. The van der Waals surface area contributed by atoms with E-state index in [-0.39, 0.29) is 0 Å². The second-order valence-electron chi connectivity index (χ2n) is 3.67. The predicted molar refractivity (Wildman–Crippen MR) is 72.3 cm³/mol. The molecule has 0 N–H and O–H groups in total. The van der Waals surface area contributed by atoms with Gasteiger partial charge in [-0.25, -0.2) is 0 Å². The fourth-order valence-corrected chi connectivity index (χ4v) is 4.68. The Balaban J connectivity index is 5.26. The Morgan fingerprint density at radius 1 is 0.667 bits per heavy atom. The van der Waals surface area contributed by atoms with E-state index in [1.807, 2.05) is 41.5 Å². The van der Waals surface area contributed by atoms with Gasteiger partial charge in [-0.3, -0.25) is 0 Å². The maximum atomic E-state index is 5.83. The maximum absolute atomic E-state index is 5.83. The van der Waals surface area contributed by atoms with E-state index < -0.39 is 14.2 Å². The van der Waals surface area contributed by atoms with Crippen LogP contribution in [0, 0.1) is 0 Å². The van der Waals surface area contributed by atoms with Crippen LogP contribution < -0.4 is 0 Å². The second kappa shape index (κ2) is 9.01. The summed E-state index contributed by atoms with van der Waals surface area (Å²) in [7, 11) is -3.04. The Morgan fingerprint density at radius 2 is 1.00 bits per heavy atom. The van der Waals surface area contributed by atoms with Gasteiger partial charge in [0, 0.05) is 33.0 Å². The highest BCUT2D eigenvalue weighted by molar-refractivity contribution is 6.63. The molecule has 18 heavy (non-hydrogen) atoms. The van der Waals surface area contributed by atoms with Crippen molar-refractivity contribution in [3.05, 3.63) is 0 Å². The van der Waals surface area contributed by atoms with Crippen LogP contribution in [0.3, 0.4) is 0 Å². The minimum Gasteiger partial charge on any atom is -0.371 e. The van der Waals surface area contributed by atoms with Gasteiger partial charge in [-0.05, 0) is 41.5 Å². The molecule has 110 valence electrons. The molecule has 0 atom stereocenters. The maximum Gasteiger partial charge on any atom is 0.563 e. The van der Waals surface area contributed by atoms with Crippen molar-refractivity contribution in [3.63, 3.8) is 0 Å². The van der Waals surface area contributed by atoms with Crippen molar-refractivity contribution in [1.82, 2.24) is 0 Å². The molecule has 0 saturated heterocycles. The van der Waals surface area contributed by atoms with Crippen LogP contribution in [-0.4, -0.2) is 47.2 Å². The lowest BCUT2D eigenvalue weighted by Crippen LogP contribution is -2.66. The topological polar surface area (TPSA) is 46.2 Å². The molecule has 0 spiro atoms. The zero-order valence-electron chi connectivity index (χ0n) is 12.6. The van der Waals surface area contributed by atoms with Crippen molar-refractivity contribution in [1.29, 1.82) is 0 Å². The third-order valence-corrected chi connectivity index (χ3v) is 5.81. The van der Waals surface area contributed by atoms with Crippen LogP contribution in [0.2, 0.25) is 0 Å². The smallest absolute Gasteiger partial charge is 0.371 e. The van der Waals surface area contributed by atoms with Crippen LogP contribution in [0.5, 0.6) is 0 Å². The molecular weight excluding hydrogens is 252 g/mol. The van der Waals surface area contributed by atoms with Crippen molar-refractivity contribution in [3.8, 4) is 0 Å². The summed E-state index contributed by atoms with van der Waals surface area (Å²) in [6.07, 6.45) is 0. The second-order valence-corrected chi connectivity index (χ2v) is 6.55. The summed E-state index contributed by atoms with van der Waals surface area (Å²) in [6.45, 7) is 13.9. The Labute approximate surface area is 112 Å². The molecule has 0 radical (unpaired) electrons. The minimum atomic E-state index is -3.04. The van der Waals surface area contributed by atoms with Gasteiger partial charge in [0.25, 0.3) is 0 Å². The van der Waals surface area contributed by atoms with Gasteiger partial charge >= 0.3 is 8.80 Å². The summed E-state index contributed by atoms with van der Waals surface area (Å²) in [6, 6.07) is 0. The Bertz CT molecular complexity index is 190. The molecule has 0 aliphatic carbocycles. The van der Waals surface area contributed by atoms with Gasteiger partial charge in [-0.1, -0.05) is 0 Å². The Morgan fingerprint density at radius 3 is 1.22 bits per heavy atom. The van der Waals surface area contributed by atoms with E-state index in [1.54, 1.807) is 0 Å². The number of ether oxygens (including phenoxy) is 2. The largest absolute Gasteiger partial charge is 0.563 e. The molecule has 0 heterocycles. The summed E-state index contributed by atoms with van der Waals surface area (Å²) in [5.74, 6) is 0. The average Bonchev–Trinajstić information content (AvgIpc) is 2.30. The van der Waals surface area contributed by atoms with E-state index in [0.717, 1.165) is 0 Å². The number of rotatable bonds is 11. The van der Waals surface area contributed by atoms with E-state index in [4.69, 9.17) is 22.8 Å². The van der Waals surface area contributed by atoms with Crippen LogP contribution in [0.25, 0.3) is 0 Å². The highest BCUT2D eigenvalue weighted by Crippen LogP contribution is 2.29. The van der Waals surface area contributed by atoms with Crippen LogP contribution in [0.4, 0.5) is 0 Å². The van der Waals surface area contributed by atoms with E-state index in [9.17, 15) is 0 Å². The molecule has 5 nitrogen and oxygen atoms in total. The highest BCUT2D eigenvalue weighted by Gasteiger charge is 2.61. The first kappa shape index (κ1) is 18.0. The number of hydrogen-bond donors (Lipinski definition) is 0. The monoisotopic (exact) mass is 280 g/mol. The number of hydrogen-bond acceptors (Lipinski definition) is 5. The molecular formula is C12H28O5Si. The molecule has 0 aliphatic rings. The molecule has 0 unspecified atom stereocenters. The summed E-state index contributed by atoms with van der Waals surface area (Å²) < 4.78 is 29.0. The van der Waals surface area contributed by atoms with E-state index in [1.165, 1.54) is 0 Å². The average molecular weight is 280 g/mol. The lowest BCUT2D eigenvalue weighted by Gasteiger charge is -2.41. The van der Waals surface area contributed by atoms with Gasteiger partial charge in [0.2, 0.25) is 5.41 Å². The Kier molecular flexibility index (Phi) is 9.01. The van der Waals surface area contributed by atoms with Crippen molar-refractivity contribution >= 4 is 8.80 Å². The first-order chi connectivity index (χ1) is 8.55. The molecule has 6 heteroatoms. The third-order valence-electron chi connectivity index (χ3n) is 2.40. The fourth-order valence-electron chi connectivity index (χ4n) is 1.86. The van der Waals surface area contributed by atoms with Gasteiger partial charge in [-0.2, -0.15) is 0 Å². The van der Waals surface area contributed by atoms with E-state index >= 15 is 0 Å². The van der Waals surface area contributed by atoms with Crippen molar-refractivity contribution in [2.75, 3.05) is 33.0 Å². The zero-order chi connectivity index (χ0) is 14.1. The lowest BCUT2D eigenvalue weighted by molar-refractivity contribution is -0.209. The quantitative estimate of drug-likeness (QED) is 0.429. The third kappa shape index (κ3) is 4.29. The van der Waals surface area contributed by atoms with Crippen molar-refractivity contribution < 1.29 is 22.8 Å². The summed E-state index contributed by atoms with van der Waals surface area (Å²) in [4.78, 5) is 0. The van der Waals surface area contributed by atoms with Gasteiger partial charge in [0.1, 0.15) is 0 Å². The van der Waals surface area contributed by atoms with Gasteiger partial charge in [0.15, 0.2) is 0 Å². The van der Waals surface area contributed by atoms with Crippen LogP contribution in [0.1, 0.15) is 41.5 Å². The summed E-state index contributed by atoms with van der Waals surface area (Å²) in [5, 5.41) is 0. The zero-order valence-corrected chi connectivity index (χ0v) is 13.6. The van der Waals surface area contributed by atoms with Gasteiger partial charge in [0.05, 0.1) is 0 Å². The van der Waals surface area contributed by atoms with Gasteiger partial charge in [-0.15, -0.1) is 0 Å². The van der Waals surface area contributed by atoms with Crippen LogP contribution >= 0.6 is 0 Å². The molecule has 0 fully saturated rings. The normalized spacial score (nSPS) is 13.0. The summed E-state index contributed by atoms with van der Waals surface area (Å²) in [5.41, 5.74) is -0.960. The van der Waals surface area contributed by atoms with Crippen LogP contribution in [-0.2, 0) is 22.8 Å². The summed E-state index contributed by atoms with van der Waals surface area (Å²) >= 11 is 0. The van der Waals surface area contributed by atoms with Gasteiger partial charge < -0.3 is 22.8 Å².